The van der Waals surface area contributed by atoms with Crippen molar-refractivity contribution in [3.8, 4) is 0 Å². The highest BCUT2D eigenvalue weighted by molar-refractivity contribution is 5.85. The van der Waals surface area contributed by atoms with Crippen molar-refractivity contribution >= 4 is 18.3 Å². The van der Waals surface area contributed by atoms with Crippen LogP contribution in [0, 0.1) is 0 Å². The Labute approximate surface area is 126 Å². The lowest BCUT2D eigenvalue weighted by Gasteiger charge is -2.22. The van der Waals surface area contributed by atoms with E-state index in [4.69, 9.17) is 0 Å². The third-order valence-electron chi connectivity index (χ3n) is 3.59. The Morgan fingerprint density at radius 1 is 1.55 bits per heavy atom. The Hall–Kier alpha value is -1.07. The Kier molecular flexibility index (Phi) is 6.49. The lowest BCUT2D eigenvalue weighted by molar-refractivity contribution is -0.121. The summed E-state index contributed by atoms with van der Waals surface area (Å²) in [6.45, 7) is 5.00. The molecule has 1 atom stereocenters. The Balaban J connectivity index is 0.00000200. The maximum Gasteiger partial charge on any atom is 0.221 e. The first-order valence-corrected chi connectivity index (χ1v) is 7.11. The lowest BCUT2D eigenvalue weighted by atomic mass is 9.93. The molecule has 5 nitrogen and oxygen atoms in total. The molecular weight excluding hydrogens is 276 g/mol. The number of halogens is 1. The molecule has 1 aromatic rings. The zero-order valence-corrected chi connectivity index (χ0v) is 13.3. The summed E-state index contributed by atoms with van der Waals surface area (Å²) >= 11 is 0. The van der Waals surface area contributed by atoms with E-state index in [1.54, 1.807) is 0 Å². The first-order valence-electron chi connectivity index (χ1n) is 7.11. The summed E-state index contributed by atoms with van der Waals surface area (Å²) in [5, 5.41) is 10.7. The highest BCUT2D eigenvalue weighted by Crippen LogP contribution is 2.21. The molecule has 6 heteroatoms. The van der Waals surface area contributed by atoms with Crippen molar-refractivity contribution in [3.63, 3.8) is 0 Å². The van der Waals surface area contributed by atoms with Crippen molar-refractivity contribution in [2.24, 2.45) is 0 Å². The monoisotopic (exact) mass is 300 g/mol. The van der Waals surface area contributed by atoms with E-state index in [0.717, 1.165) is 31.5 Å². The second-order valence-corrected chi connectivity index (χ2v) is 5.54. The fourth-order valence-corrected chi connectivity index (χ4v) is 2.44. The number of rotatable bonds is 5. The van der Waals surface area contributed by atoms with Crippen LogP contribution in [-0.4, -0.2) is 35.3 Å². The summed E-state index contributed by atoms with van der Waals surface area (Å²) in [5.41, 5.74) is 2.49. The molecule has 1 aliphatic rings. The topological polar surface area (TPSA) is 59.0 Å². The van der Waals surface area contributed by atoms with Crippen LogP contribution in [0.15, 0.2) is 6.20 Å². The minimum absolute atomic E-state index is 0. The highest BCUT2D eigenvalue weighted by Gasteiger charge is 2.23. The molecule has 1 amide bonds. The SMILES string of the molecule is CNCCC(=O)NC1CCc2cn(C(C)C)nc2C1.Cl. The quantitative estimate of drug-likeness (QED) is 0.866. The molecule has 1 aromatic heterocycles. The number of hydrogen-bond acceptors (Lipinski definition) is 3. The smallest absolute Gasteiger partial charge is 0.221 e. The van der Waals surface area contributed by atoms with Gasteiger partial charge in [0.2, 0.25) is 5.91 Å². The number of nitrogens with one attached hydrogen (secondary N) is 2. The molecule has 1 heterocycles. The van der Waals surface area contributed by atoms with Crippen LogP contribution in [0.5, 0.6) is 0 Å². The molecule has 114 valence electrons. The molecule has 1 aliphatic carbocycles. The van der Waals surface area contributed by atoms with Gasteiger partial charge in [0.05, 0.1) is 5.69 Å². The van der Waals surface area contributed by atoms with E-state index in [-0.39, 0.29) is 24.4 Å². The lowest BCUT2D eigenvalue weighted by Crippen LogP contribution is -2.39. The second kappa shape index (κ2) is 7.64. The average Bonchev–Trinajstić information content (AvgIpc) is 2.79. The predicted octanol–water partition coefficient (Wildman–Crippen LogP) is 1.47. The number of carbonyl (C=O) groups excluding carboxylic acids is 1. The summed E-state index contributed by atoms with van der Waals surface area (Å²) in [6, 6.07) is 0.640. The summed E-state index contributed by atoms with van der Waals surface area (Å²) in [4.78, 5) is 11.7. The molecule has 2 N–H and O–H groups in total. The molecule has 0 fully saturated rings. The molecule has 0 aliphatic heterocycles. The Bertz CT molecular complexity index is 444. The molecular formula is C14H25ClN4O. The van der Waals surface area contributed by atoms with Crippen molar-refractivity contribution in [1.29, 1.82) is 0 Å². The number of aromatic nitrogens is 2. The third-order valence-corrected chi connectivity index (χ3v) is 3.59. The van der Waals surface area contributed by atoms with Gasteiger partial charge in [-0.25, -0.2) is 0 Å². The molecule has 0 saturated carbocycles. The first kappa shape index (κ1) is 17.0. The van der Waals surface area contributed by atoms with Crippen LogP contribution in [0.25, 0.3) is 0 Å². The molecule has 0 radical (unpaired) electrons. The van der Waals surface area contributed by atoms with Gasteiger partial charge in [-0.05, 0) is 39.3 Å². The van der Waals surface area contributed by atoms with E-state index in [2.05, 4.69) is 35.8 Å². The number of hydrogen-bond donors (Lipinski definition) is 2. The average molecular weight is 301 g/mol. The van der Waals surface area contributed by atoms with Crippen molar-refractivity contribution in [3.05, 3.63) is 17.5 Å². The fourth-order valence-electron chi connectivity index (χ4n) is 2.44. The van der Waals surface area contributed by atoms with Crippen LogP contribution >= 0.6 is 12.4 Å². The fraction of sp³-hybridized carbons (Fsp3) is 0.714. The number of aryl methyl sites for hydroxylation is 1. The van der Waals surface area contributed by atoms with Gasteiger partial charge in [0.25, 0.3) is 0 Å². The molecule has 2 rings (SSSR count). The molecule has 0 saturated heterocycles. The van der Waals surface area contributed by atoms with Crippen LogP contribution in [-0.2, 0) is 17.6 Å². The van der Waals surface area contributed by atoms with Crippen molar-refractivity contribution < 1.29 is 4.79 Å². The molecule has 0 spiro atoms. The van der Waals surface area contributed by atoms with E-state index in [0.29, 0.717) is 12.5 Å². The number of nitrogens with zero attached hydrogens (tertiary/aromatic N) is 2. The summed E-state index contributed by atoms with van der Waals surface area (Å²) in [5.74, 6) is 0.131. The van der Waals surface area contributed by atoms with Crippen LogP contribution < -0.4 is 10.6 Å². The summed E-state index contributed by atoms with van der Waals surface area (Å²) in [6.07, 6.45) is 5.58. The highest BCUT2D eigenvalue weighted by atomic mass is 35.5. The summed E-state index contributed by atoms with van der Waals surface area (Å²) in [7, 11) is 1.86. The second-order valence-electron chi connectivity index (χ2n) is 5.54. The van der Waals surface area contributed by atoms with Gasteiger partial charge >= 0.3 is 0 Å². The molecule has 0 aromatic carbocycles. The largest absolute Gasteiger partial charge is 0.353 e. The number of carbonyl (C=O) groups is 1. The maximum absolute atomic E-state index is 11.7. The van der Waals surface area contributed by atoms with Gasteiger partial charge in [-0.3, -0.25) is 9.48 Å². The van der Waals surface area contributed by atoms with E-state index in [9.17, 15) is 4.79 Å². The van der Waals surface area contributed by atoms with Gasteiger partial charge in [-0.2, -0.15) is 5.10 Å². The van der Waals surface area contributed by atoms with Crippen molar-refractivity contribution in [2.75, 3.05) is 13.6 Å². The zero-order chi connectivity index (χ0) is 13.8. The zero-order valence-electron chi connectivity index (χ0n) is 12.5. The Morgan fingerprint density at radius 3 is 2.95 bits per heavy atom. The van der Waals surface area contributed by atoms with Gasteiger partial charge in [0, 0.05) is 37.7 Å². The van der Waals surface area contributed by atoms with Crippen LogP contribution in [0.1, 0.15) is 44.0 Å². The van der Waals surface area contributed by atoms with Crippen LogP contribution in [0.4, 0.5) is 0 Å². The van der Waals surface area contributed by atoms with Crippen LogP contribution in [0.2, 0.25) is 0 Å². The van der Waals surface area contributed by atoms with Gasteiger partial charge in [0.1, 0.15) is 0 Å². The maximum atomic E-state index is 11.7. The van der Waals surface area contributed by atoms with Gasteiger partial charge in [-0.15, -0.1) is 12.4 Å². The number of fused-ring (bicyclic) bond motifs is 1. The molecule has 20 heavy (non-hydrogen) atoms. The van der Waals surface area contributed by atoms with Gasteiger partial charge in [-0.1, -0.05) is 0 Å². The van der Waals surface area contributed by atoms with E-state index < -0.39 is 0 Å². The molecule has 0 bridgehead atoms. The summed E-state index contributed by atoms with van der Waals surface area (Å²) < 4.78 is 2.02. The van der Waals surface area contributed by atoms with Crippen molar-refractivity contribution in [1.82, 2.24) is 20.4 Å². The first-order chi connectivity index (χ1) is 9.10. The normalized spacial score (nSPS) is 17.5. The van der Waals surface area contributed by atoms with E-state index in [1.807, 2.05) is 11.7 Å². The van der Waals surface area contributed by atoms with E-state index >= 15 is 0 Å². The molecule has 1 unspecified atom stereocenters. The minimum Gasteiger partial charge on any atom is -0.353 e. The van der Waals surface area contributed by atoms with Crippen molar-refractivity contribution in [2.45, 2.75) is 51.6 Å². The minimum atomic E-state index is 0. The van der Waals surface area contributed by atoms with Crippen LogP contribution in [0.3, 0.4) is 0 Å². The van der Waals surface area contributed by atoms with E-state index in [1.165, 1.54) is 5.56 Å². The number of amides is 1. The standard InChI is InChI=1S/C14H24N4O.ClH/c1-10(2)18-9-11-4-5-12(8-13(11)17-18)16-14(19)6-7-15-3;/h9-10,12,15H,4-8H2,1-3H3,(H,16,19);1H. The predicted molar refractivity (Wildman–Crippen MR) is 82.4 cm³/mol. The third kappa shape index (κ3) is 4.21. The van der Waals surface area contributed by atoms with Gasteiger partial charge in [0.15, 0.2) is 0 Å². The van der Waals surface area contributed by atoms with Gasteiger partial charge < -0.3 is 10.6 Å². The Morgan fingerprint density at radius 2 is 2.30 bits per heavy atom.